The van der Waals surface area contributed by atoms with Crippen LogP contribution in [0.15, 0.2) is 48.8 Å². The molecule has 0 radical (unpaired) electrons. The van der Waals surface area contributed by atoms with Gasteiger partial charge in [0.2, 0.25) is 0 Å². The van der Waals surface area contributed by atoms with Gasteiger partial charge in [0.25, 0.3) is 0 Å². The second kappa shape index (κ2) is 12.5. The Labute approximate surface area is 180 Å². The van der Waals surface area contributed by atoms with Gasteiger partial charge in [-0.2, -0.15) is 0 Å². The maximum Gasteiger partial charge on any atom is 0.137 e. The molecule has 1 saturated carbocycles. The molecule has 3 rings (SSSR count). The van der Waals surface area contributed by atoms with Gasteiger partial charge < -0.3 is 24.8 Å². The molecular weight excluding hydrogens is 378 g/mol. The van der Waals surface area contributed by atoms with Crippen molar-refractivity contribution in [3.8, 4) is 11.5 Å². The molecule has 0 unspecified atom stereocenters. The van der Waals surface area contributed by atoms with Gasteiger partial charge in [0.05, 0.1) is 6.20 Å². The zero-order valence-electron chi connectivity index (χ0n) is 18.0. The topological polar surface area (TPSA) is 66.9 Å². The molecule has 6 nitrogen and oxygen atoms in total. The second-order valence-corrected chi connectivity index (χ2v) is 8.02. The molecule has 0 bridgehead atoms. The van der Waals surface area contributed by atoms with Gasteiger partial charge >= 0.3 is 0 Å². The van der Waals surface area contributed by atoms with Gasteiger partial charge in [0.15, 0.2) is 0 Å². The van der Waals surface area contributed by atoms with E-state index in [1.807, 2.05) is 36.4 Å². The van der Waals surface area contributed by atoms with E-state index in [1.54, 1.807) is 12.4 Å². The first-order valence-electron chi connectivity index (χ1n) is 11.0. The first-order valence-corrected chi connectivity index (χ1v) is 11.0. The largest absolute Gasteiger partial charge is 0.491 e. The van der Waals surface area contributed by atoms with Gasteiger partial charge in [-0.1, -0.05) is 37.5 Å². The fourth-order valence-corrected chi connectivity index (χ4v) is 3.93. The van der Waals surface area contributed by atoms with Crippen molar-refractivity contribution in [3.05, 3.63) is 54.4 Å². The highest BCUT2D eigenvalue weighted by atomic mass is 16.5. The number of hydrogen-bond acceptors (Lipinski definition) is 6. The van der Waals surface area contributed by atoms with Crippen molar-refractivity contribution in [2.24, 2.45) is 0 Å². The Hall–Kier alpha value is -2.15. The van der Waals surface area contributed by atoms with Crippen LogP contribution in [0.5, 0.6) is 11.5 Å². The molecule has 0 saturated heterocycles. The number of nitrogens with one attached hydrogen (secondary N) is 1. The third kappa shape index (κ3) is 7.59. The van der Waals surface area contributed by atoms with E-state index >= 15 is 0 Å². The number of aliphatic hydroxyl groups is 1. The number of hydrogen-bond donors (Lipinski definition) is 2. The molecule has 1 heterocycles. The van der Waals surface area contributed by atoms with E-state index in [0.29, 0.717) is 32.3 Å². The van der Waals surface area contributed by atoms with Crippen molar-refractivity contribution in [1.29, 1.82) is 0 Å². The Morgan fingerprint density at radius 1 is 1.13 bits per heavy atom. The molecule has 1 aliphatic carbocycles. The average molecular weight is 414 g/mol. The van der Waals surface area contributed by atoms with Crippen molar-refractivity contribution in [2.75, 3.05) is 33.4 Å². The quantitative estimate of drug-likeness (QED) is 0.521. The number of benzene rings is 1. The Morgan fingerprint density at radius 2 is 1.97 bits per heavy atom. The summed E-state index contributed by atoms with van der Waals surface area (Å²) in [5.41, 5.74) is 1.08. The minimum absolute atomic E-state index is 0.304. The van der Waals surface area contributed by atoms with Gasteiger partial charge in [-0.25, -0.2) is 0 Å². The van der Waals surface area contributed by atoms with Crippen LogP contribution < -0.4 is 14.8 Å². The van der Waals surface area contributed by atoms with Crippen LogP contribution in [0.3, 0.4) is 0 Å². The minimum atomic E-state index is -0.495. The average Bonchev–Trinajstić information content (AvgIpc) is 2.79. The van der Waals surface area contributed by atoms with Crippen LogP contribution in [0.4, 0.5) is 0 Å². The summed E-state index contributed by atoms with van der Waals surface area (Å²) in [7, 11) is 2.12. The lowest BCUT2D eigenvalue weighted by Crippen LogP contribution is -2.40. The summed E-state index contributed by atoms with van der Waals surface area (Å²) in [5.74, 6) is 1.59. The lowest BCUT2D eigenvalue weighted by molar-refractivity contribution is 0.0558. The smallest absolute Gasteiger partial charge is 0.137 e. The lowest BCUT2D eigenvalue weighted by atomic mass is 9.94. The van der Waals surface area contributed by atoms with Crippen LogP contribution in [0.1, 0.15) is 37.7 Å². The fourth-order valence-electron chi connectivity index (χ4n) is 3.93. The molecule has 6 heteroatoms. The molecule has 1 aromatic carbocycles. The predicted molar refractivity (Wildman–Crippen MR) is 119 cm³/mol. The molecule has 164 valence electrons. The highest BCUT2D eigenvalue weighted by Gasteiger charge is 2.20. The minimum Gasteiger partial charge on any atom is -0.491 e. The molecule has 2 N–H and O–H groups in total. The van der Waals surface area contributed by atoms with Gasteiger partial charge in [0, 0.05) is 37.4 Å². The molecule has 1 aromatic heterocycles. The molecule has 1 aliphatic rings. The molecule has 0 spiro atoms. The third-order valence-corrected chi connectivity index (χ3v) is 5.60. The third-order valence-electron chi connectivity index (χ3n) is 5.60. The zero-order chi connectivity index (χ0) is 21.0. The van der Waals surface area contributed by atoms with Crippen LogP contribution in [0, 0.1) is 0 Å². The van der Waals surface area contributed by atoms with Gasteiger partial charge in [-0.05, 0) is 38.1 Å². The van der Waals surface area contributed by atoms with Gasteiger partial charge in [0.1, 0.15) is 30.8 Å². The Balaban J connectivity index is 1.37. The maximum atomic E-state index is 10.5. The Kier molecular flexibility index (Phi) is 9.41. The normalized spacial score (nSPS) is 15.8. The summed E-state index contributed by atoms with van der Waals surface area (Å²) < 4.78 is 11.6. The van der Waals surface area contributed by atoms with Crippen molar-refractivity contribution < 1.29 is 14.6 Å². The van der Waals surface area contributed by atoms with Crippen LogP contribution in [-0.4, -0.2) is 60.5 Å². The monoisotopic (exact) mass is 413 g/mol. The fraction of sp³-hybridized carbons (Fsp3) is 0.542. The maximum absolute atomic E-state index is 10.5. The van der Waals surface area contributed by atoms with Crippen LogP contribution in [0.25, 0.3) is 0 Å². The lowest BCUT2D eigenvalue weighted by Gasteiger charge is -2.32. The molecule has 0 amide bonds. The molecule has 1 atom stereocenters. The second-order valence-electron chi connectivity index (χ2n) is 8.02. The van der Waals surface area contributed by atoms with E-state index in [0.717, 1.165) is 23.6 Å². The van der Waals surface area contributed by atoms with E-state index in [4.69, 9.17) is 9.47 Å². The van der Waals surface area contributed by atoms with Crippen LogP contribution in [0.2, 0.25) is 0 Å². The van der Waals surface area contributed by atoms with E-state index in [9.17, 15) is 5.11 Å². The number of rotatable bonds is 12. The van der Waals surface area contributed by atoms with E-state index in [2.05, 4.69) is 22.2 Å². The summed E-state index contributed by atoms with van der Waals surface area (Å²) in [5, 5.41) is 13.8. The van der Waals surface area contributed by atoms with E-state index < -0.39 is 6.10 Å². The van der Waals surface area contributed by atoms with Crippen molar-refractivity contribution in [2.45, 2.75) is 50.8 Å². The summed E-state index contributed by atoms with van der Waals surface area (Å²) in [6.07, 6.45) is 9.37. The first kappa shape index (κ1) is 22.5. The highest BCUT2D eigenvalue weighted by Crippen LogP contribution is 2.22. The van der Waals surface area contributed by atoms with Crippen molar-refractivity contribution in [1.82, 2.24) is 15.2 Å². The van der Waals surface area contributed by atoms with E-state index in [1.165, 1.54) is 32.1 Å². The molecule has 0 aliphatic heterocycles. The molecule has 30 heavy (non-hydrogen) atoms. The Morgan fingerprint density at radius 3 is 2.77 bits per heavy atom. The van der Waals surface area contributed by atoms with Crippen molar-refractivity contribution in [3.63, 3.8) is 0 Å². The number of ether oxygens (including phenoxy) is 2. The summed E-state index contributed by atoms with van der Waals surface area (Å²) in [6.45, 7) is 2.93. The van der Waals surface area contributed by atoms with Gasteiger partial charge in [-0.3, -0.25) is 4.98 Å². The number of para-hydroxylation sites is 1. The van der Waals surface area contributed by atoms with Crippen molar-refractivity contribution >= 4 is 0 Å². The van der Waals surface area contributed by atoms with Crippen LogP contribution >= 0.6 is 0 Å². The Bertz CT molecular complexity index is 723. The highest BCUT2D eigenvalue weighted by molar-refractivity contribution is 5.33. The SMILES string of the molecule is CN(C[C@@H](O)COc1ccccc1CNCCOc1cccnc1)C1CCCCC1. The summed E-state index contributed by atoms with van der Waals surface area (Å²) in [4.78, 5) is 6.33. The van der Waals surface area contributed by atoms with E-state index in [-0.39, 0.29) is 0 Å². The standard InChI is InChI=1S/C24H35N3O3/c1-27(21-9-3-2-4-10-21)18-22(28)19-30-24-12-6-5-8-20(24)16-26-14-15-29-23-11-7-13-25-17-23/h5-8,11-13,17,21-22,26,28H,2-4,9-10,14-16,18-19H2,1H3/t22-/m1/s1. The zero-order valence-corrected chi connectivity index (χ0v) is 18.0. The van der Waals surface area contributed by atoms with Gasteiger partial charge in [-0.15, -0.1) is 0 Å². The number of pyridine rings is 1. The molecular formula is C24H35N3O3. The summed E-state index contributed by atoms with van der Waals surface area (Å²) in [6, 6.07) is 12.3. The summed E-state index contributed by atoms with van der Waals surface area (Å²) >= 11 is 0. The van der Waals surface area contributed by atoms with Crippen LogP contribution in [-0.2, 0) is 6.54 Å². The number of aromatic nitrogens is 1. The number of nitrogens with zero attached hydrogens (tertiary/aromatic N) is 2. The molecule has 2 aromatic rings. The number of likely N-dealkylation sites (N-methyl/N-ethyl adjacent to an activating group) is 1. The molecule has 1 fully saturated rings. The predicted octanol–water partition coefficient (Wildman–Crippen LogP) is 3.25. The number of aliphatic hydroxyl groups excluding tert-OH is 1. The first-order chi connectivity index (χ1) is 14.7.